The summed E-state index contributed by atoms with van der Waals surface area (Å²) in [5.41, 5.74) is 1.09. The van der Waals surface area contributed by atoms with E-state index >= 15 is 0 Å². The molecule has 3 rings (SSSR count). The number of hydrogen-bond acceptors (Lipinski definition) is 5. The standard InChI is InChI=1S/C19H23FN4O2/c20-16-3-5-17(6-4-16)24-9-7-23(8-10-24)14-15(12-21)19(25)22-13-18-2-1-11-26-18/h3-6,14,18H,1-2,7-11,13H2,(H,22,25)/b15-14-. The Bertz CT molecular complexity index is 684. The van der Waals surface area contributed by atoms with Gasteiger partial charge in [0.15, 0.2) is 0 Å². The van der Waals surface area contributed by atoms with Crippen molar-refractivity contribution in [3.8, 4) is 6.07 Å². The number of rotatable bonds is 5. The Kier molecular flexibility index (Phi) is 6.08. The molecule has 2 aliphatic rings. The van der Waals surface area contributed by atoms with Crippen LogP contribution in [0.15, 0.2) is 36.0 Å². The lowest BCUT2D eigenvalue weighted by Gasteiger charge is -2.35. The minimum atomic E-state index is -0.357. The molecule has 138 valence electrons. The second kappa shape index (κ2) is 8.68. The average molecular weight is 358 g/mol. The van der Waals surface area contributed by atoms with Crippen molar-refractivity contribution in [1.29, 1.82) is 5.26 Å². The van der Waals surface area contributed by atoms with Crippen LogP contribution in [-0.4, -0.2) is 56.2 Å². The summed E-state index contributed by atoms with van der Waals surface area (Å²) >= 11 is 0. The SMILES string of the molecule is N#C/C(=C/N1CCN(c2ccc(F)cc2)CC1)C(=O)NCC1CCCO1. The highest BCUT2D eigenvalue weighted by molar-refractivity contribution is 5.97. The normalized spacial score (nSPS) is 20.8. The minimum absolute atomic E-state index is 0.0538. The Balaban J connectivity index is 1.51. The predicted octanol–water partition coefficient (Wildman–Crippen LogP) is 1.65. The van der Waals surface area contributed by atoms with Crippen LogP contribution in [0.3, 0.4) is 0 Å². The van der Waals surface area contributed by atoms with Gasteiger partial charge in [0.2, 0.25) is 0 Å². The third-order valence-corrected chi connectivity index (χ3v) is 4.70. The maximum absolute atomic E-state index is 13.0. The fourth-order valence-electron chi connectivity index (χ4n) is 3.19. The number of amides is 1. The van der Waals surface area contributed by atoms with Crippen LogP contribution in [0.2, 0.25) is 0 Å². The van der Waals surface area contributed by atoms with Crippen LogP contribution in [0.1, 0.15) is 12.8 Å². The van der Waals surface area contributed by atoms with E-state index in [1.54, 1.807) is 18.3 Å². The van der Waals surface area contributed by atoms with Crippen molar-refractivity contribution in [3.05, 3.63) is 41.9 Å². The fraction of sp³-hybridized carbons (Fsp3) is 0.474. The van der Waals surface area contributed by atoms with Crippen molar-refractivity contribution in [2.24, 2.45) is 0 Å². The summed E-state index contributed by atoms with van der Waals surface area (Å²) in [6.45, 7) is 4.07. The van der Waals surface area contributed by atoms with Crippen molar-refractivity contribution in [3.63, 3.8) is 0 Å². The van der Waals surface area contributed by atoms with Gasteiger partial charge in [0.25, 0.3) is 5.91 Å². The largest absolute Gasteiger partial charge is 0.376 e. The molecule has 2 fully saturated rings. The van der Waals surface area contributed by atoms with Gasteiger partial charge in [0, 0.05) is 51.2 Å². The third-order valence-electron chi connectivity index (χ3n) is 4.70. The van der Waals surface area contributed by atoms with E-state index in [2.05, 4.69) is 10.2 Å². The number of nitriles is 1. The lowest BCUT2D eigenvalue weighted by atomic mass is 10.2. The molecule has 2 heterocycles. The van der Waals surface area contributed by atoms with Crippen LogP contribution in [0.25, 0.3) is 0 Å². The first-order chi connectivity index (χ1) is 12.7. The number of carbonyl (C=O) groups is 1. The molecule has 2 aliphatic heterocycles. The van der Waals surface area contributed by atoms with Crippen LogP contribution in [-0.2, 0) is 9.53 Å². The van der Waals surface area contributed by atoms with E-state index < -0.39 is 0 Å². The molecule has 1 aromatic rings. The number of anilines is 1. The monoisotopic (exact) mass is 358 g/mol. The lowest BCUT2D eigenvalue weighted by molar-refractivity contribution is -0.117. The minimum Gasteiger partial charge on any atom is -0.376 e. The van der Waals surface area contributed by atoms with E-state index in [0.29, 0.717) is 19.6 Å². The zero-order valence-corrected chi connectivity index (χ0v) is 14.7. The van der Waals surface area contributed by atoms with Crippen molar-refractivity contribution in [1.82, 2.24) is 10.2 Å². The van der Waals surface area contributed by atoms with E-state index in [1.807, 2.05) is 11.0 Å². The first-order valence-electron chi connectivity index (χ1n) is 8.92. The third kappa shape index (κ3) is 4.73. The fourth-order valence-corrected chi connectivity index (χ4v) is 3.19. The number of nitrogens with one attached hydrogen (secondary N) is 1. The van der Waals surface area contributed by atoms with Gasteiger partial charge in [-0.05, 0) is 37.1 Å². The molecular weight excluding hydrogens is 335 g/mol. The summed E-state index contributed by atoms with van der Waals surface area (Å²) < 4.78 is 18.5. The Labute approximate surface area is 152 Å². The number of carbonyl (C=O) groups excluding carboxylic acids is 1. The molecule has 2 saturated heterocycles. The molecule has 1 aromatic carbocycles. The molecule has 1 atom stereocenters. The van der Waals surface area contributed by atoms with Gasteiger partial charge in [-0.3, -0.25) is 4.79 Å². The molecule has 0 radical (unpaired) electrons. The molecule has 1 amide bonds. The summed E-state index contributed by atoms with van der Waals surface area (Å²) in [6.07, 6.45) is 3.64. The predicted molar refractivity (Wildman–Crippen MR) is 95.9 cm³/mol. The van der Waals surface area contributed by atoms with Gasteiger partial charge in [0.1, 0.15) is 17.5 Å². The van der Waals surface area contributed by atoms with Gasteiger partial charge in [0.05, 0.1) is 6.10 Å². The number of ether oxygens (including phenoxy) is 1. The molecule has 7 heteroatoms. The van der Waals surface area contributed by atoms with Crippen LogP contribution < -0.4 is 10.2 Å². The van der Waals surface area contributed by atoms with Crippen molar-refractivity contribution >= 4 is 11.6 Å². The molecule has 0 aliphatic carbocycles. The molecule has 0 spiro atoms. The van der Waals surface area contributed by atoms with Gasteiger partial charge < -0.3 is 19.9 Å². The summed E-state index contributed by atoms with van der Waals surface area (Å²) in [4.78, 5) is 16.3. The Morgan fingerprint density at radius 3 is 2.65 bits per heavy atom. The van der Waals surface area contributed by atoms with E-state index in [9.17, 15) is 14.4 Å². The molecule has 0 saturated carbocycles. The summed E-state index contributed by atoms with van der Waals surface area (Å²) in [5.74, 6) is -0.605. The van der Waals surface area contributed by atoms with E-state index in [4.69, 9.17) is 4.74 Å². The lowest BCUT2D eigenvalue weighted by Crippen LogP contribution is -2.44. The van der Waals surface area contributed by atoms with Gasteiger partial charge >= 0.3 is 0 Å². The van der Waals surface area contributed by atoms with Crippen LogP contribution >= 0.6 is 0 Å². The van der Waals surface area contributed by atoms with Crippen LogP contribution in [0, 0.1) is 17.1 Å². The second-order valence-corrected chi connectivity index (χ2v) is 6.50. The number of nitrogens with zero attached hydrogens (tertiary/aromatic N) is 3. The number of hydrogen-bond donors (Lipinski definition) is 1. The van der Waals surface area contributed by atoms with Gasteiger partial charge in [-0.25, -0.2) is 4.39 Å². The molecule has 0 aromatic heterocycles. The van der Waals surface area contributed by atoms with Gasteiger partial charge in [-0.1, -0.05) is 0 Å². The smallest absolute Gasteiger partial charge is 0.263 e. The quantitative estimate of drug-likeness (QED) is 0.640. The number of piperazine rings is 1. The number of halogens is 1. The molecule has 26 heavy (non-hydrogen) atoms. The van der Waals surface area contributed by atoms with E-state index in [1.165, 1.54) is 12.1 Å². The topological polar surface area (TPSA) is 68.6 Å². The summed E-state index contributed by atoms with van der Waals surface area (Å²) in [6, 6.07) is 8.42. The van der Waals surface area contributed by atoms with Crippen LogP contribution in [0.4, 0.5) is 10.1 Å². The highest BCUT2D eigenvalue weighted by Gasteiger charge is 2.20. The van der Waals surface area contributed by atoms with Crippen LogP contribution in [0.5, 0.6) is 0 Å². The molecule has 6 nitrogen and oxygen atoms in total. The summed E-state index contributed by atoms with van der Waals surface area (Å²) in [7, 11) is 0. The molecule has 1 N–H and O–H groups in total. The maximum Gasteiger partial charge on any atom is 0.263 e. The van der Waals surface area contributed by atoms with Gasteiger partial charge in [-0.2, -0.15) is 5.26 Å². The molecule has 1 unspecified atom stereocenters. The van der Waals surface area contributed by atoms with E-state index in [0.717, 1.165) is 38.2 Å². The average Bonchev–Trinajstić information content (AvgIpc) is 3.19. The second-order valence-electron chi connectivity index (χ2n) is 6.50. The first-order valence-corrected chi connectivity index (χ1v) is 8.92. The highest BCUT2D eigenvalue weighted by Crippen LogP contribution is 2.17. The highest BCUT2D eigenvalue weighted by atomic mass is 19.1. The van der Waals surface area contributed by atoms with Crippen molar-refractivity contribution < 1.29 is 13.9 Å². The van der Waals surface area contributed by atoms with Crippen molar-refractivity contribution in [2.75, 3.05) is 44.2 Å². The Hall–Kier alpha value is -2.59. The Morgan fingerprint density at radius 1 is 1.31 bits per heavy atom. The first kappa shape index (κ1) is 18.2. The van der Waals surface area contributed by atoms with Crippen molar-refractivity contribution in [2.45, 2.75) is 18.9 Å². The molecule has 0 bridgehead atoms. The zero-order valence-electron chi connectivity index (χ0n) is 14.7. The van der Waals surface area contributed by atoms with E-state index in [-0.39, 0.29) is 23.4 Å². The zero-order chi connectivity index (χ0) is 18.4. The maximum atomic E-state index is 13.0. The Morgan fingerprint density at radius 2 is 2.04 bits per heavy atom. The van der Waals surface area contributed by atoms with Gasteiger partial charge in [-0.15, -0.1) is 0 Å². The number of benzene rings is 1. The summed E-state index contributed by atoms with van der Waals surface area (Å²) in [5, 5.41) is 12.1. The molecular formula is C19H23FN4O2.